The number of carbonyl (C=O) groups is 2. The largest absolute Gasteiger partial charge is 0.491 e. The second kappa shape index (κ2) is 7.27. The number of imide groups is 1. The Morgan fingerprint density at radius 2 is 1.73 bits per heavy atom. The first-order valence-corrected chi connectivity index (χ1v) is 9.32. The van der Waals surface area contributed by atoms with E-state index >= 15 is 0 Å². The first-order valence-electron chi connectivity index (χ1n) is 9.32. The van der Waals surface area contributed by atoms with Gasteiger partial charge in [-0.05, 0) is 49.9 Å². The summed E-state index contributed by atoms with van der Waals surface area (Å²) >= 11 is 0. The molecule has 2 fully saturated rings. The summed E-state index contributed by atoms with van der Waals surface area (Å²) < 4.78 is 5.66. The Kier molecular flexibility index (Phi) is 5.23. The molecule has 1 aliphatic heterocycles. The minimum Gasteiger partial charge on any atom is -0.491 e. The van der Waals surface area contributed by atoms with Crippen LogP contribution in [0.15, 0.2) is 18.2 Å². The lowest BCUT2D eigenvalue weighted by atomic mass is 9.81. The van der Waals surface area contributed by atoms with Crippen molar-refractivity contribution in [2.75, 3.05) is 20.2 Å². The van der Waals surface area contributed by atoms with Crippen LogP contribution in [0.3, 0.4) is 0 Å². The molecule has 1 atom stereocenters. The van der Waals surface area contributed by atoms with Gasteiger partial charge >= 0.3 is 6.03 Å². The van der Waals surface area contributed by atoms with Crippen LogP contribution in [0.1, 0.15) is 43.2 Å². The molecule has 0 unspecified atom stereocenters. The topological polar surface area (TPSA) is 70.1 Å². The number of urea groups is 1. The van der Waals surface area contributed by atoms with Gasteiger partial charge in [-0.15, -0.1) is 0 Å². The molecule has 142 valence electrons. The third-order valence-corrected chi connectivity index (χ3v) is 5.51. The monoisotopic (exact) mass is 360 g/mol. The number of β-amino-alcohol motifs (C(OH)–C–C–N with tert-alkyl or cyclic N) is 1. The van der Waals surface area contributed by atoms with Crippen LogP contribution in [0.25, 0.3) is 0 Å². The van der Waals surface area contributed by atoms with Gasteiger partial charge in [0.1, 0.15) is 24.0 Å². The molecule has 0 radical (unpaired) electrons. The van der Waals surface area contributed by atoms with Gasteiger partial charge in [0.2, 0.25) is 0 Å². The predicted octanol–water partition coefficient (Wildman–Crippen LogP) is 2.64. The van der Waals surface area contributed by atoms with E-state index in [1.165, 1.54) is 4.90 Å². The lowest BCUT2D eigenvalue weighted by Gasteiger charge is -2.35. The van der Waals surface area contributed by atoms with Crippen molar-refractivity contribution in [2.24, 2.45) is 0 Å². The highest BCUT2D eigenvalue weighted by molar-refractivity contribution is 6.07. The van der Waals surface area contributed by atoms with E-state index in [9.17, 15) is 14.7 Å². The predicted molar refractivity (Wildman–Crippen MR) is 98.1 cm³/mol. The van der Waals surface area contributed by atoms with E-state index in [0.717, 1.165) is 30.4 Å². The highest BCUT2D eigenvalue weighted by atomic mass is 16.5. The second-order valence-electron chi connectivity index (χ2n) is 7.64. The maximum absolute atomic E-state index is 12.9. The lowest BCUT2D eigenvalue weighted by molar-refractivity contribution is -0.135. The molecule has 1 spiro atoms. The molecular weight excluding hydrogens is 332 g/mol. The summed E-state index contributed by atoms with van der Waals surface area (Å²) in [6.45, 7) is 3.97. The zero-order valence-corrected chi connectivity index (χ0v) is 15.8. The molecule has 3 rings (SSSR count). The Morgan fingerprint density at radius 3 is 2.35 bits per heavy atom. The lowest BCUT2D eigenvalue weighted by Crippen LogP contribution is -2.49. The number of likely N-dealkylation sites (N-methyl/N-ethyl adjacent to an activating group) is 1. The van der Waals surface area contributed by atoms with Crippen LogP contribution in [0.5, 0.6) is 5.75 Å². The first kappa shape index (κ1) is 18.7. The van der Waals surface area contributed by atoms with Crippen LogP contribution in [-0.2, 0) is 4.79 Å². The number of aliphatic hydroxyl groups is 1. The van der Waals surface area contributed by atoms with Crippen LogP contribution in [0, 0.1) is 13.8 Å². The number of carbonyl (C=O) groups excluding carboxylic acids is 2. The standard InChI is InChI=1S/C20H28N2O4/c1-14-9-15(2)11-17(10-14)26-13-16(23)12-22-18(24)20(21(3)19(22)25)7-5-4-6-8-20/h9-11,16,23H,4-8,12-13H2,1-3H3/t16-/m1/s1. The number of aryl methyl sites for hydroxylation is 2. The van der Waals surface area contributed by atoms with Crippen molar-refractivity contribution >= 4 is 11.9 Å². The second-order valence-corrected chi connectivity index (χ2v) is 7.64. The molecule has 1 aliphatic carbocycles. The summed E-state index contributed by atoms with van der Waals surface area (Å²) in [5.74, 6) is 0.511. The zero-order chi connectivity index (χ0) is 18.9. The fourth-order valence-electron chi connectivity index (χ4n) is 4.16. The number of nitrogens with zero attached hydrogens (tertiary/aromatic N) is 2. The highest BCUT2D eigenvalue weighted by Gasteiger charge is 2.55. The van der Waals surface area contributed by atoms with Crippen molar-refractivity contribution in [3.05, 3.63) is 29.3 Å². The van der Waals surface area contributed by atoms with Crippen LogP contribution in [0.2, 0.25) is 0 Å². The van der Waals surface area contributed by atoms with E-state index in [1.54, 1.807) is 11.9 Å². The molecule has 1 saturated heterocycles. The van der Waals surface area contributed by atoms with E-state index in [4.69, 9.17) is 4.74 Å². The van der Waals surface area contributed by atoms with Gasteiger partial charge in [0.05, 0.1) is 6.54 Å². The summed E-state index contributed by atoms with van der Waals surface area (Å²) in [7, 11) is 1.70. The van der Waals surface area contributed by atoms with Crippen molar-refractivity contribution < 1.29 is 19.4 Å². The number of ether oxygens (including phenoxy) is 1. The van der Waals surface area contributed by atoms with Gasteiger partial charge in [0.25, 0.3) is 5.91 Å². The van der Waals surface area contributed by atoms with Gasteiger partial charge in [-0.25, -0.2) is 4.79 Å². The summed E-state index contributed by atoms with van der Waals surface area (Å²) in [6.07, 6.45) is 3.50. The van der Waals surface area contributed by atoms with Crippen molar-refractivity contribution in [1.82, 2.24) is 9.80 Å². The van der Waals surface area contributed by atoms with E-state index < -0.39 is 11.6 Å². The van der Waals surface area contributed by atoms with Gasteiger partial charge < -0.3 is 14.7 Å². The molecule has 1 aromatic carbocycles. The van der Waals surface area contributed by atoms with E-state index in [2.05, 4.69) is 0 Å². The Bertz CT molecular complexity index is 677. The Morgan fingerprint density at radius 1 is 1.12 bits per heavy atom. The highest BCUT2D eigenvalue weighted by Crippen LogP contribution is 2.39. The Labute approximate surface area is 154 Å². The molecule has 0 aromatic heterocycles. The maximum atomic E-state index is 12.9. The van der Waals surface area contributed by atoms with Crippen LogP contribution >= 0.6 is 0 Å². The minimum absolute atomic E-state index is 0.0332. The molecule has 1 heterocycles. The Balaban J connectivity index is 1.62. The normalized spacial score (nSPS) is 20.8. The maximum Gasteiger partial charge on any atom is 0.327 e. The van der Waals surface area contributed by atoms with E-state index in [0.29, 0.717) is 18.6 Å². The molecule has 3 amide bonds. The Hall–Kier alpha value is -2.08. The number of rotatable bonds is 5. The average molecular weight is 360 g/mol. The van der Waals surface area contributed by atoms with Gasteiger partial charge in [-0.1, -0.05) is 25.3 Å². The van der Waals surface area contributed by atoms with E-state index in [1.807, 2.05) is 32.0 Å². The summed E-state index contributed by atoms with van der Waals surface area (Å²) in [5, 5.41) is 10.3. The number of hydrogen-bond donors (Lipinski definition) is 1. The molecule has 1 N–H and O–H groups in total. The first-order chi connectivity index (χ1) is 12.3. The molecule has 0 bridgehead atoms. The molecular formula is C20H28N2O4. The third kappa shape index (κ3) is 3.43. The molecule has 6 nitrogen and oxygen atoms in total. The molecule has 2 aliphatic rings. The van der Waals surface area contributed by atoms with Crippen molar-refractivity contribution in [3.63, 3.8) is 0 Å². The van der Waals surface area contributed by atoms with Crippen LogP contribution < -0.4 is 4.74 Å². The smallest absolute Gasteiger partial charge is 0.327 e. The fraction of sp³-hybridized carbons (Fsp3) is 0.600. The molecule has 26 heavy (non-hydrogen) atoms. The number of hydrogen-bond acceptors (Lipinski definition) is 4. The molecule has 6 heteroatoms. The van der Waals surface area contributed by atoms with Crippen molar-refractivity contribution in [2.45, 2.75) is 57.6 Å². The van der Waals surface area contributed by atoms with Gasteiger partial charge in [0.15, 0.2) is 0 Å². The van der Waals surface area contributed by atoms with Crippen molar-refractivity contribution in [1.29, 1.82) is 0 Å². The fourth-order valence-corrected chi connectivity index (χ4v) is 4.16. The van der Waals surface area contributed by atoms with E-state index in [-0.39, 0.29) is 25.1 Å². The molecule has 1 aromatic rings. The van der Waals surface area contributed by atoms with Crippen LogP contribution in [0.4, 0.5) is 4.79 Å². The van der Waals surface area contributed by atoms with Gasteiger partial charge in [-0.3, -0.25) is 9.69 Å². The van der Waals surface area contributed by atoms with Gasteiger partial charge in [0, 0.05) is 7.05 Å². The van der Waals surface area contributed by atoms with Gasteiger partial charge in [-0.2, -0.15) is 0 Å². The zero-order valence-electron chi connectivity index (χ0n) is 15.8. The number of aliphatic hydroxyl groups excluding tert-OH is 1. The minimum atomic E-state index is -0.921. The SMILES string of the molecule is Cc1cc(C)cc(OC[C@H](O)CN2C(=O)N(C)C3(CCCCC3)C2=O)c1. The van der Waals surface area contributed by atoms with Crippen molar-refractivity contribution in [3.8, 4) is 5.75 Å². The van der Waals surface area contributed by atoms with Crippen LogP contribution in [-0.4, -0.2) is 58.7 Å². The summed E-state index contributed by atoms with van der Waals surface area (Å²) in [5.41, 5.74) is 1.46. The average Bonchev–Trinajstić information content (AvgIpc) is 2.76. The third-order valence-electron chi connectivity index (χ3n) is 5.51. The number of benzene rings is 1. The molecule has 1 saturated carbocycles. The summed E-state index contributed by atoms with van der Waals surface area (Å²) in [4.78, 5) is 28.3. The number of amides is 3. The quantitative estimate of drug-likeness (QED) is 0.820. The summed E-state index contributed by atoms with van der Waals surface area (Å²) in [6, 6.07) is 5.53.